The van der Waals surface area contributed by atoms with Crippen LogP contribution in [0, 0.1) is 0 Å². The molecule has 9 heteroatoms. The average molecular weight is 435 g/mol. The summed E-state index contributed by atoms with van der Waals surface area (Å²) in [6.07, 6.45) is 7.59. The van der Waals surface area contributed by atoms with Crippen molar-refractivity contribution in [2.75, 3.05) is 46.3 Å². The predicted molar refractivity (Wildman–Crippen MR) is 120 cm³/mol. The molecule has 1 amide bonds. The molecule has 9 nitrogen and oxygen atoms in total. The molecule has 3 heterocycles. The Kier molecular flexibility index (Phi) is 6.16. The van der Waals surface area contributed by atoms with Gasteiger partial charge in [-0.1, -0.05) is 6.07 Å². The molecule has 0 spiro atoms. The molecule has 1 fully saturated rings. The molecule has 1 atom stereocenters. The van der Waals surface area contributed by atoms with E-state index in [0.29, 0.717) is 36.1 Å². The number of benzene rings is 1. The molecule has 166 valence electrons. The number of anilines is 1. The summed E-state index contributed by atoms with van der Waals surface area (Å²) in [4.78, 5) is 34.7. The van der Waals surface area contributed by atoms with Gasteiger partial charge in [-0.15, -0.1) is 0 Å². The number of amides is 1. The third kappa shape index (κ3) is 4.05. The Labute approximate surface area is 187 Å². The maximum absolute atomic E-state index is 13.4. The number of hydrogen-bond acceptors (Lipinski definition) is 8. The zero-order valence-electron chi connectivity index (χ0n) is 18.6. The van der Waals surface area contributed by atoms with Crippen LogP contribution in [-0.2, 0) is 0 Å². The minimum atomic E-state index is -0.117. The second-order valence-corrected chi connectivity index (χ2v) is 7.76. The lowest BCUT2D eigenvalue weighted by atomic mass is 9.97. The van der Waals surface area contributed by atoms with Crippen molar-refractivity contribution in [2.24, 2.45) is 0 Å². The molecule has 1 aliphatic heterocycles. The minimum absolute atomic E-state index is 0.0524. The molecule has 0 aliphatic carbocycles. The SMILES string of the molecule is COc1cccc(OC)c1C(=O)N1CC[C@H](c2nc(N(C)C)ncc2-c2cncnc2)C1. The summed E-state index contributed by atoms with van der Waals surface area (Å²) in [6.45, 7) is 1.14. The lowest BCUT2D eigenvalue weighted by molar-refractivity contribution is 0.0783. The quantitative estimate of drug-likeness (QED) is 0.585. The van der Waals surface area contributed by atoms with Crippen LogP contribution in [0.25, 0.3) is 11.1 Å². The highest BCUT2D eigenvalue weighted by molar-refractivity contribution is 6.00. The van der Waals surface area contributed by atoms with Crippen molar-refractivity contribution < 1.29 is 14.3 Å². The van der Waals surface area contributed by atoms with E-state index in [1.165, 1.54) is 6.33 Å². The number of carbonyl (C=O) groups is 1. The molecule has 0 N–H and O–H groups in total. The van der Waals surface area contributed by atoms with Gasteiger partial charge >= 0.3 is 0 Å². The van der Waals surface area contributed by atoms with Crippen molar-refractivity contribution in [1.82, 2.24) is 24.8 Å². The summed E-state index contributed by atoms with van der Waals surface area (Å²) in [5.41, 5.74) is 3.06. The first kappa shape index (κ1) is 21.5. The molecule has 0 bridgehead atoms. The van der Waals surface area contributed by atoms with Crippen molar-refractivity contribution in [1.29, 1.82) is 0 Å². The number of hydrogen-bond donors (Lipinski definition) is 0. The standard InChI is InChI=1S/C23H26N6O3/c1-28(2)23-26-12-17(16-10-24-14-25-11-16)21(27-23)15-8-9-29(13-15)22(30)20-18(31-3)6-5-7-19(20)32-4/h5-7,10-12,14-15H,8-9,13H2,1-4H3/t15-/m0/s1. The fraction of sp³-hybridized carbons (Fsp3) is 0.348. The van der Waals surface area contributed by atoms with Crippen LogP contribution in [0.15, 0.2) is 43.1 Å². The van der Waals surface area contributed by atoms with E-state index in [0.717, 1.165) is 23.2 Å². The number of likely N-dealkylation sites (tertiary alicyclic amines) is 1. The molecule has 0 unspecified atom stereocenters. The van der Waals surface area contributed by atoms with Crippen molar-refractivity contribution in [3.63, 3.8) is 0 Å². The van der Waals surface area contributed by atoms with Gasteiger partial charge in [0.2, 0.25) is 5.95 Å². The van der Waals surface area contributed by atoms with Crippen molar-refractivity contribution >= 4 is 11.9 Å². The lowest BCUT2D eigenvalue weighted by Gasteiger charge is -2.21. The summed E-state index contributed by atoms with van der Waals surface area (Å²) in [5.74, 6) is 1.55. The van der Waals surface area contributed by atoms with E-state index in [1.54, 1.807) is 44.8 Å². The molecule has 1 aromatic carbocycles. The number of carbonyl (C=O) groups excluding carboxylic acids is 1. The first-order valence-electron chi connectivity index (χ1n) is 10.3. The Hall–Kier alpha value is -3.75. The Balaban J connectivity index is 1.67. The Morgan fingerprint density at radius 1 is 1.09 bits per heavy atom. The topological polar surface area (TPSA) is 93.6 Å². The molecule has 2 aromatic heterocycles. The molecule has 32 heavy (non-hydrogen) atoms. The van der Waals surface area contributed by atoms with Gasteiger partial charge in [0.15, 0.2) is 0 Å². The molecule has 1 aliphatic rings. The van der Waals surface area contributed by atoms with E-state index in [1.807, 2.05) is 30.1 Å². The maximum Gasteiger partial charge on any atom is 0.261 e. The molecular weight excluding hydrogens is 408 g/mol. The van der Waals surface area contributed by atoms with E-state index in [-0.39, 0.29) is 11.8 Å². The van der Waals surface area contributed by atoms with Crippen LogP contribution in [0.5, 0.6) is 11.5 Å². The van der Waals surface area contributed by atoms with E-state index in [9.17, 15) is 4.79 Å². The fourth-order valence-electron chi connectivity index (χ4n) is 3.96. The average Bonchev–Trinajstić information content (AvgIpc) is 3.33. The third-order valence-electron chi connectivity index (χ3n) is 5.58. The monoisotopic (exact) mass is 434 g/mol. The first-order chi connectivity index (χ1) is 15.5. The van der Waals surface area contributed by atoms with Crippen molar-refractivity contribution in [3.8, 4) is 22.6 Å². The van der Waals surface area contributed by atoms with Crippen LogP contribution in [0.2, 0.25) is 0 Å². The van der Waals surface area contributed by atoms with Gasteiger partial charge in [0.05, 0.1) is 19.9 Å². The van der Waals surface area contributed by atoms with E-state index in [4.69, 9.17) is 14.5 Å². The summed E-state index contributed by atoms with van der Waals surface area (Å²) < 4.78 is 10.9. The van der Waals surface area contributed by atoms with Gasteiger partial charge in [0.1, 0.15) is 23.4 Å². The highest BCUT2D eigenvalue weighted by Crippen LogP contribution is 2.36. The van der Waals surface area contributed by atoms with Crippen LogP contribution < -0.4 is 14.4 Å². The summed E-state index contributed by atoms with van der Waals surface area (Å²) in [5, 5.41) is 0. The van der Waals surface area contributed by atoms with Gasteiger partial charge in [-0.25, -0.2) is 19.9 Å². The highest BCUT2D eigenvalue weighted by atomic mass is 16.5. The van der Waals surface area contributed by atoms with Gasteiger partial charge in [0.25, 0.3) is 5.91 Å². The molecule has 3 aromatic rings. The Morgan fingerprint density at radius 2 is 1.78 bits per heavy atom. The largest absolute Gasteiger partial charge is 0.496 e. The fourth-order valence-corrected chi connectivity index (χ4v) is 3.96. The highest BCUT2D eigenvalue weighted by Gasteiger charge is 2.33. The minimum Gasteiger partial charge on any atom is -0.496 e. The number of methoxy groups -OCH3 is 2. The van der Waals surface area contributed by atoms with Crippen LogP contribution in [0.3, 0.4) is 0 Å². The van der Waals surface area contributed by atoms with Crippen LogP contribution in [-0.4, -0.2) is 72.1 Å². The number of rotatable bonds is 6. The van der Waals surface area contributed by atoms with Crippen molar-refractivity contribution in [3.05, 3.63) is 54.4 Å². The van der Waals surface area contributed by atoms with Gasteiger partial charge in [-0.05, 0) is 18.6 Å². The van der Waals surface area contributed by atoms with Gasteiger partial charge in [0, 0.05) is 62.8 Å². The maximum atomic E-state index is 13.4. The molecular formula is C23H26N6O3. The summed E-state index contributed by atoms with van der Waals surface area (Å²) in [6, 6.07) is 5.34. The van der Waals surface area contributed by atoms with Gasteiger partial charge < -0.3 is 19.3 Å². The third-order valence-corrected chi connectivity index (χ3v) is 5.58. The molecule has 0 saturated carbocycles. The number of aromatic nitrogens is 4. The number of ether oxygens (including phenoxy) is 2. The van der Waals surface area contributed by atoms with Crippen LogP contribution in [0.1, 0.15) is 28.4 Å². The van der Waals surface area contributed by atoms with Crippen LogP contribution in [0.4, 0.5) is 5.95 Å². The predicted octanol–water partition coefficient (Wildman–Crippen LogP) is 2.65. The molecule has 0 radical (unpaired) electrons. The second kappa shape index (κ2) is 9.17. The Bertz CT molecular complexity index is 1080. The van der Waals surface area contributed by atoms with Crippen molar-refractivity contribution in [2.45, 2.75) is 12.3 Å². The first-order valence-corrected chi connectivity index (χ1v) is 10.3. The zero-order chi connectivity index (χ0) is 22.7. The second-order valence-electron chi connectivity index (χ2n) is 7.76. The normalized spacial score (nSPS) is 15.5. The summed E-state index contributed by atoms with van der Waals surface area (Å²) >= 11 is 0. The van der Waals surface area contributed by atoms with Crippen LogP contribution >= 0.6 is 0 Å². The van der Waals surface area contributed by atoms with Gasteiger partial charge in [-0.2, -0.15) is 0 Å². The molecule has 1 saturated heterocycles. The summed E-state index contributed by atoms with van der Waals surface area (Å²) in [7, 11) is 6.91. The van der Waals surface area contributed by atoms with E-state index in [2.05, 4.69) is 15.0 Å². The Morgan fingerprint density at radius 3 is 2.41 bits per heavy atom. The molecule has 4 rings (SSSR count). The number of nitrogens with zero attached hydrogens (tertiary/aromatic N) is 6. The van der Waals surface area contributed by atoms with E-state index >= 15 is 0 Å². The zero-order valence-corrected chi connectivity index (χ0v) is 18.6. The van der Waals surface area contributed by atoms with Gasteiger partial charge in [-0.3, -0.25) is 4.79 Å². The lowest BCUT2D eigenvalue weighted by Crippen LogP contribution is -2.29. The van der Waals surface area contributed by atoms with E-state index < -0.39 is 0 Å². The smallest absolute Gasteiger partial charge is 0.261 e.